The summed E-state index contributed by atoms with van der Waals surface area (Å²) < 4.78 is 10.7. The maximum Gasteiger partial charge on any atom is 0.119 e. The second-order valence-electron chi connectivity index (χ2n) is 5.81. The van der Waals surface area contributed by atoms with Crippen LogP contribution in [0.3, 0.4) is 0 Å². The standard InChI is InChI=1S/C16H22O3/c1-18-14-3-2-13-4-7-16(17,15(13)10-14)11-12-5-8-19-9-6-12/h2-3,10,12,17H,4-9,11H2,1H3. The quantitative estimate of drug-likeness (QED) is 0.910. The summed E-state index contributed by atoms with van der Waals surface area (Å²) in [6.07, 6.45) is 4.81. The van der Waals surface area contributed by atoms with Gasteiger partial charge >= 0.3 is 0 Å². The van der Waals surface area contributed by atoms with E-state index in [1.165, 1.54) is 5.56 Å². The highest BCUT2D eigenvalue weighted by molar-refractivity contribution is 5.42. The van der Waals surface area contributed by atoms with Crippen LogP contribution in [0.25, 0.3) is 0 Å². The molecule has 1 aliphatic heterocycles. The first-order chi connectivity index (χ1) is 9.21. The second kappa shape index (κ2) is 5.14. The van der Waals surface area contributed by atoms with Crippen LogP contribution in [0.5, 0.6) is 5.75 Å². The minimum atomic E-state index is -0.661. The van der Waals surface area contributed by atoms with E-state index >= 15 is 0 Å². The summed E-state index contributed by atoms with van der Waals surface area (Å²) >= 11 is 0. The lowest BCUT2D eigenvalue weighted by Crippen LogP contribution is -2.29. The number of fused-ring (bicyclic) bond motifs is 1. The Kier molecular flexibility index (Phi) is 3.50. The SMILES string of the molecule is COc1ccc2c(c1)C(O)(CC1CCOCC1)CC2. The number of aryl methyl sites for hydroxylation is 1. The third kappa shape index (κ3) is 2.49. The average molecular weight is 262 g/mol. The molecule has 0 amide bonds. The molecule has 0 spiro atoms. The van der Waals surface area contributed by atoms with Gasteiger partial charge in [0.1, 0.15) is 5.75 Å². The van der Waals surface area contributed by atoms with Crippen molar-refractivity contribution in [3.8, 4) is 5.75 Å². The Morgan fingerprint density at radius 1 is 1.37 bits per heavy atom. The molecule has 1 fully saturated rings. The first kappa shape index (κ1) is 12.9. The zero-order valence-electron chi connectivity index (χ0n) is 11.5. The van der Waals surface area contributed by atoms with Crippen molar-refractivity contribution in [2.24, 2.45) is 5.92 Å². The van der Waals surface area contributed by atoms with Crippen LogP contribution in [-0.2, 0) is 16.8 Å². The molecule has 19 heavy (non-hydrogen) atoms. The number of hydrogen-bond acceptors (Lipinski definition) is 3. The summed E-state index contributed by atoms with van der Waals surface area (Å²) in [6.45, 7) is 1.68. The summed E-state index contributed by atoms with van der Waals surface area (Å²) in [5.41, 5.74) is 1.69. The summed E-state index contributed by atoms with van der Waals surface area (Å²) in [6, 6.07) is 6.09. The van der Waals surface area contributed by atoms with Gasteiger partial charge in [0.2, 0.25) is 0 Å². The highest BCUT2D eigenvalue weighted by atomic mass is 16.5. The molecule has 104 valence electrons. The summed E-state index contributed by atoms with van der Waals surface area (Å²) in [7, 11) is 1.67. The van der Waals surface area contributed by atoms with Crippen LogP contribution in [0, 0.1) is 5.92 Å². The molecule has 1 heterocycles. The van der Waals surface area contributed by atoms with Crippen LogP contribution in [0.15, 0.2) is 18.2 Å². The predicted molar refractivity (Wildman–Crippen MR) is 73.4 cm³/mol. The maximum atomic E-state index is 11.0. The Morgan fingerprint density at radius 2 is 2.16 bits per heavy atom. The first-order valence-electron chi connectivity index (χ1n) is 7.19. The number of ether oxygens (including phenoxy) is 2. The highest BCUT2D eigenvalue weighted by Crippen LogP contribution is 2.44. The molecule has 1 aromatic rings. The van der Waals surface area contributed by atoms with Gasteiger partial charge in [-0.1, -0.05) is 6.07 Å². The molecular formula is C16H22O3. The van der Waals surface area contributed by atoms with E-state index in [0.717, 1.165) is 56.6 Å². The molecule has 3 rings (SSSR count). The molecule has 1 saturated heterocycles. The minimum Gasteiger partial charge on any atom is -0.497 e. The van der Waals surface area contributed by atoms with Gasteiger partial charge in [-0.15, -0.1) is 0 Å². The van der Waals surface area contributed by atoms with Crippen LogP contribution in [0.2, 0.25) is 0 Å². The van der Waals surface area contributed by atoms with Gasteiger partial charge in [0.15, 0.2) is 0 Å². The zero-order chi connectivity index (χ0) is 13.3. The monoisotopic (exact) mass is 262 g/mol. The van der Waals surface area contributed by atoms with E-state index in [1.54, 1.807) is 7.11 Å². The molecule has 1 aromatic carbocycles. The molecule has 3 heteroatoms. The number of aliphatic hydroxyl groups is 1. The van der Waals surface area contributed by atoms with Crippen molar-refractivity contribution in [2.75, 3.05) is 20.3 Å². The molecule has 0 radical (unpaired) electrons. The first-order valence-corrected chi connectivity index (χ1v) is 7.19. The predicted octanol–water partition coefficient (Wildman–Crippen LogP) is 2.65. The van der Waals surface area contributed by atoms with Gasteiger partial charge in [0, 0.05) is 13.2 Å². The Hall–Kier alpha value is -1.06. The van der Waals surface area contributed by atoms with Gasteiger partial charge < -0.3 is 14.6 Å². The normalized spacial score (nSPS) is 27.3. The van der Waals surface area contributed by atoms with Crippen molar-refractivity contribution in [3.63, 3.8) is 0 Å². The van der Waals surface area contributed by atoms with E-state index in [0.29, 0.717) is 5.92 Å². The fourth-order valence-electron chi connectivity index (χ4n) is 3.45. The van der Waals surface area contributed by atoms with Gasteiger partial charge in [0.05, 0.1) is 12.7 Å². The fraction of sp³-hybridized carbons (Fsp3) is 0.625. The van der Waals surface area contributed by atoms with E-state index in [4.69, 9.17) is 9.47 Å². The van der Waals surface area contributed by atoms with Gasteiger partial charge in [-0.05, 0) is 61.3 Å². The van der Waals surface area contributed by atoms with Crippen molar-refractivity contribution in [3.05, 3.63) is 29.3 Å². The molecule has 3 nitrogen and oxygen atoms in total. The van der Waals surface area contributed by atoms with E-state index < -0.39 is 5.60 Å². The van der Waals surface area contributed by atoms with Gasteiger partial charge in [-0.3, -0.25) is 0 Å². The second-order valence-corrected chi connectivity index (χ2v) is 5.81. The average Bonchev–Trinajstić information content (AvgIpc) is 2.77. The lowest BCUT2D eigenvalue weighted by Gasteiger charge is -2.31. The van der Waals surface area contributed by atoms with Crippen LogP contribution in [0.1, 0.15) is 36.8 Å². The molecule has 2 aliphatic rings. The molecule has 1 unspecified atom stereocenters. The molecule has 0 saturated carbocycles. The maximum absolute atomic E-state index is 11.0. The van der Waals surface area contributed by atoms with Crippen molar-refractivity contribution in [1.82, 2.24) is 0 Å². The third-order valence-corrected chi connectivity index (χ3v) is 4.59. The third-order valence-electron chi connectivity index (χ3n) is 4.59. The fourth-order valence-corrected chi connectivity index (χ4v) is 3.45. The van der Waals surface area contributed by atoms with E-state index in [2.05, 4.69) is 6.07 Å². The highest BCUT2D eigenvalue weighted by Gasteiger charge is 2.39. The Morgan fingerprint density at radius 3 is 2.89 bits per heavy atom. The molecule has 0 aromatic heterocycles. The van der Waals surface area contributed by atoms with Crippen LogP contribution in [-0.4, -0.2) is 25.4 Å². The largest absolute Gasteiger partial charge is 0.497 e. The van der Waals surface area contributed by atoms with Crippen LogP contribution in [0.4, 0.5) is 0 Å². The van der Waals surface area contributed by atoms with Gasteiger partial charge in [0.25, 0.3) is 0 Å². The molecular weight excluding hydrogens is 240 g/mol. The Labute approximate surface area is 114 Å². The van der Waals surface area contributed by atoms with E-state index in [1.807, 2.05) is 12.1 Å². The summed E-state index contributed by atoms with van der Waals surface area (Å²) in [5.74, 6) is 1.42. The topological polar surface area (TPSA) is 38.7 Å². The van der Waals surface area contributed by atoms with Gasteiger partial charge in [-0.25, -0.2) is 0 Å². The van der Waals surface area contributed by atoms with Gasteiger partial charge in [-0.2, -0.15) is 0 Å². The zero-order valence-corrected chi connectivity index (χ0v) is 11.5. The van der Waals surface area contributed by atoms with Crippen molar-refractivity contribution >= 4 is 0 Å². The van der Waals surface area contributed by atoms with Crippen molar-refractivity contribution < 1.29 is 14.6 Å². The molecule has 0 bridgehead atoms. The van der Waals surface area contributed by atoms with Crippen LogP contribution < -0.4 is 4.74 Å². The van der Waals surface area contributed by atoms with Crippen LogP contribution >= 0.6 is 0 Å². The summed E-state index contributed by atoms with van der Waals surface area (Å²) in [4.78, 5) is 0. The number of methoxy groups -OCH3 is 1. The number of rotatable bonds is 3. The lowest BCUT2D eigenvalue weighted by molar-refractivity contribution is -0.0145. The number of hydrogen-bond donors (Lipinski definition) is 1. The number of benzene rings is 1. The Bertz CT molecular complexity index is 451. The lowest BCUT2D eigenvalue weighted by atomic mass is 9.82. The van der Waals surface area contributed by atoms with Crippen molar-refractivity contribution in [1.29, 1.82) is 0 Å². The molecule has 1 aliphatic carbocycles. The van der Waals surface area contributed by atoms with Crippen molar-refractivity contribution in [2.45, 2.75) is 37.7 Å². The Balaban J connectivity index is 1.82. The smallest absolute Gasteiger partial charge is 0.119 e. The minimum absolute atomic E-state index is 0.580. The molecule has 1 N–H and O–H groups in total. The summed E-state index contributed by atoms with van der Waals surface area (Å²) in [5, 5.41) is 11.0. The molecule has 1 atom stereocenters. The van der Waals surface area contributed by atoms with E-state index in [-0.39, 0.29) is 0 Å². The van der Waals surface area contributed by atoms with E-state index in [9.17, 15) is 5.11 Å².